The van der Waals surface area contributed by atoms with Gasteiger partial charge >= 0.3 is 0 Å². The summed E-state index contributed by atoms with van der Waals surface area (Å²) in [6.45, 7) is 0. The van der Waals surface area contributed by atoms with Crippen LogP contribution in [-0.2, 0) is 28.8 Å². The summed E-state index contributed by atoms with van der Waals surface area (Å²) in [5.41, 5.74) is 15.7. The lowest BCUT2D eigenvalue weighted by Crippen LogP contribution is -2.41. The molecule has 111 heavy (non-hydrogen) atoms. The Balaban J connectivity index is 0.000000102. The fraction of sp³-hybridized carbons (Fsp3) is 0.152. The summed E-state index contributed by atoms with van der Waals surface area (Å²) in [7, 11) is 4.72. The van der Waals surface area contributed by atoms with Crippen molar-refractivity contribution in [3.8, 4) is 17.2 Å². The van der Waals surface area contributed by atoms with E-state index in [4.69, 9.17) is 14.2 Å². The van der Waals surface area contributed by atoms with E-state index in [9.17, 15) is 28.8 Å². The number of imide groups is 3. The van der Waals surface area contributed by atoms with Gasteiger partial charge in [-0.3, -0.25) is 28.8 Å². The van der Waals surface area contributed by atoms with E-state index in [1.165, 1.54) is 81.5 Å². The maximum atomic E-state index is 14.2. The predicted molar refractivity (Wildman–Crippen MR) is 432 cm³/mol. The molecule has 3 aliphatic heterocycles. The Bertz CT molecular complexity index is 5460. The number of ether oxygens (including phenoxy) is 3. The van der Waals surface area contributed by atoms with Crippen molar-refractivity contribution < 1.29 is 43.0 Å². The maximum absolute atomic E-state index is 14.2. The molecule has 9 aliphatic carbocycles. The second kappa shape index (κ2) is 24.3. The first-order valence-electron chi connectivity index (χ1n) is 38.1. The first-order valence-corrected chi connectivity index (χ1v) is 38.1. The molecule has 15 aromatic rings. The largest absolute Gasteiger partial charge is 0.495 e. The normalized spacial score (nSPS) is 23.3. The van der Waals surface area contributed by atoms with Gasteiger partial charge in [-0.15, -0.1) is 0 Å². The Morgan fingerprint density at radius 1 is 0.189 bits per heavy atom. The number of rotatable bonds is 6. The fourth-order valence-electron chi connectivity index (χ4n) is 21.6. The Hall–Kier alpha value is -13.3. The Labute approximate surface area is 638 Å². The smallest absolute Gasteiger partial charge is 0.238 e. The highest BCUT2D eigenvalue weighted by atomic mass is 16.5. The zero-order valence-corrected chi connectivity index (χ0v) is 60.7. The molecule has 3 heterocycles. The van der Waals surface area contributed by atoms with Crippen LogP contribution in [0.4, 0.5) is 17.1 Å². The zero-order chi connectivity index (χ0) is 74.5. The van der Waals surface area contributed by atoms with Gasteiger partial charge in [-0.25, -0.2) is 14.7 Å². The second-order valence-corrected chi connectivity index (χ2v) is 31.0. The van der Waals surface area contributed by atoms with Crippen LogP contribution in [0.15, 0.2) is 291 Å². The van der Waals surface area contributed by atoms with E-state index in [1.54, 1.807) is 57.7 Å². The van der Waals surface area contributed by atoms with E-state index >= 15 is 0 Å². The van der Waals surface area contributed by atoms with E-state index in [2.05, 4.69) is 146 Å². The van der Waals surface area contributed by atoms with E-state index in [0.29, 0.717) is 34.3 Å². The number of carbonyl (C=O) groups is 6. The number of methoxy groups -OCH3 is 3. The molecule has 534 valence electrons. The predicted octanol–water partition coefficient (Wildman–Crippen LogP) is 19.2. The quantitative estimate of drug-likeness (QED) is 0.149. The molecule has 0 radical (unpaired) electrons. The van der Waals surface area contributed by atoms with Crippen LogP contribution in [0.1, 0.15) is 102 Å². The first-order chi connectivity index (χ1) is 54.5. The Kier molecular flexibility index (Phi) is 14.2. The third-order valence-electron chi connectivity index (χ3n) is 26.1. The van der Waals surface area contributed by atoms with Crippen molar-refractivity contribution in [2.75, 3.05) is 36.0 Å². The molecule has 12 heteroatoms. The van der Waals surface area contributed by atoms with Crippen molar-refractivity contribution in [1.82, 2.24) is 0 Å². The average Bonchev–Trinajstić information content (AvgIpc) is 1.61. The monoisotopic (exact) mass is 1440 g/mol. The molecule has 15 aromatic carbocycles. The number of hydrogen-bond donors (Lipinski definition) is 0. The number of amides is 6. The number of fused-ring (bicyclic) bond motifs is 6. The van der Waals surface area contributed by atoms with Gasteiger partial charge in [-0.2, -0.15) is 0 Å². The van der Waals surface area contributed by atoms with Crippen molar-refractivity contribution in [2.45, 2.75) is 35.5 Å². The van der Waals surface area contributed by atoms with Crippen LogP contribution >= 0.6 is 0 Å². The fourth-order valence-corrected chi connectivity index (χ4v) is 21.6. The van der Waals surface area contributed by atoms with Crippen LogP contribution in [0, 0.1) is 35.5 Å². The summed E-state index contributed by atoms with van der Waals surface area (Å²) in [5.74, 6) is -2.90. The van der Waals surface area contributed by atoms with Gasteiger partial charge in [0, 0.05) is 35.5 Å². The molecule has 12 aliphatic rings. The second-order valence-electron chi connectivity index (χ2n) is 31.0. The van der Waals surface area contributed by atoms with Crippen molar-refractivity contribution in [3.05, 3.63) is 358 Å². The highest BCUT2D eigenvalue weighted by molar-refractivity contribution is 6.26. The molecule has 6 amide bonds. The van der Waals surface area contributed by atoms with Gasteiger partial charge in [-0.05, 0) is 168 Å². The summed E-state index contributed by atoms with van der Waals surface area (Å²) < 4.78 is 16.7. The summed E-state index contributed by atoms with van der Waals surface area (Å²) in [5, 5.41) is 13.9. The van der Waals surface area contributed by atoms with Crippen LogP contribution < -0.4 is 28.9 Å². The van der Waals surface area contributed by atoms with Gasteiger partial charge < -0.3 is 14.2 Å². The molecule has 3 saturated heterocycles. The lowest BCUT2D eigenvalue weighted by atomic mass is 9.54. The number of benzene rings is 15. The minimum atomic E-state index is -0.440. The third kappa shape index (κ3) is 9.15. The van der Waals surface area contributed by atoms with Gasteiger partial charge in [0.05, 0.1) is 73.9 Å². The van der Waals surface area contributed by atoms with E-state index < -0.39 is 35.5 Å². The van der Waals surface area contributed by atoms with Crippen LogP contribution in [0.25, 0.3) is 64.6 Å². The number of hydrogen-bond acceptors (Lipinski definition) is 9. The molecular formula is C99H69N3O9. The van der Waals surface area contributed by atoms with Crippen LogP contribution in [-0.4, -0.2) is 56.8 Å². The van der Waals surface area contributed by atoms with Crippen molar-refractivity contribution >= 4 is 117 Å². The number of nitrogens with zero attached hydrogens (tertiary/aromatic N) is 3. The summed E-state index contributed by atoms with van der Waals surface area (Å²) in [4.78, 5) is 89.4. The average molecular weight is 1440 g/mol. The summed E-state index contributed by atoms with van der Waals surface area (Å²) >= 11 is 0. The third-order valence-corrected chi connectivity index (χ3v) is 26.1. The lowest BCUT2D eigenvalue weighted by Gasteiger charge is -2.46. The maximum Gasteiger partial charge on any atom is 0.238 e. The zero-order valence-electron chi connectivity index (χ0n) is 60.7. The molecule has 0 unspecified atom stereocenters. The molecule has 12 nitrogen and oxygen atoms in total. The lowest BCUT2D eigenvalue weighted by molar-refractivity contribution is -0.124. The van der Waals surface area contributed by atoms with Gasteiger partial charge in [0.1, 0.15) is 17.2 Å². The minimum Gasteiger partial charge on any atom is -0.495 e. The molecular weight excluding hydrogens is 1380 g/mol. The van der Waals surface area contributed by atoms with Gasteiger partial charge in [0.25, 0.3) is 0 Å². The Morgan fingerprint density at radius 2 is 0.315 bits per heavy atom. The van der Waals surface area contributed by atoms with Crippen LogP contribution in [0.2, 0.25) is 0 Å². The molecule has 0 N–H and O–H groups in total. The molecule has 0 spiro atoms. The molecule has 6 atom stereocenters. The standard InChI is InChI=1S/3C33H23NO3/c3*1-37-27-13-7-6-12-26(27)34-32(35)30-28-22-14-18-8-2-3-9-19(18)15-23(22)29(31(30)33(34)36)25-17-21-11-5-4-10-20(21)16-24(25)28/h3*2-17,28-31H,1H3/t3*28?,29?,30-,31+. The molecule has 0 aromatic heterocycles. The van der Waals surface area contributed by atoms with Gasteiger partial charge in [0.2, 0.25) is 35.4 Å². The number of anilines is 3. The molecule has 3 fully saturated rings. The minimum absolute atomic E-state index is 0.132. The van der Waals surface area contributed by atoms with Crippen LogP contribution in [0.3, 0.4) is 0 Å². The van der Waals surface area contributed by atoms with E-state index in [1.807, 2.05) is 109 Å². The SMILES string of the molecule is COc1ccccc1N1C(=O)[C@@H]2C3c4cc5ccccc5cc4C(c4cc5ccccc5cc43)[C@@H]2C1=O.COc1ccccc1N1C(=O)[C@@H]2C3c4cc5ccccc5cc4C(c4cc5ccccc5cc43)[C@@H]2C1=O.COc1ccccc1N1C(=O)[C@@H]2C3c4cc5ccccc5cc4C(c4cc5ccccc5cc43)[C@@H]2C1=O. The topological polar surface area (TPSA) is 140 Å². The number of para-hydroxylation sites is 6. The highest BCUT2D eigenvalue weighted by Gasteiger charge is 2.66. The van der Waals surface area contributed by atoms with Crippen molar-refractivity contribution in [1.29, 1.82) is 0 Å². The summed E-state index contributed by atoms with van der Waals surface area (Å²) in [6.07, 6.45) is 0. The van der Waals surface area contributed by atoms with Gasteiger partial charge in [0.15, 0.2) is 0 Å². The molecule has 0 saturated carbocycles. The van der Waals surface area contributed by atoms with Crippen LogP contribution in [0.5, 0.6) is 17.2 Å². The molecule has 27 rings (SSSR count). The molecule has 6 bridgehead atoms. The van der Waals surface area contributed by atoms with Crippen molar-refractivity contribution in [3.63, 3.8) is 0 Å². The van der Waals surface area contributed by atoms with Crippen molar-refractivity contribution in [2.24, 2.45) is 35.5 Å². The first kappa shape index (κ1) is 64.8. The summed E-state index contributed by atoms with van der Waals surface area (Å²) in [6, 6.07) is 99.0. The highest BCUT2D eigenvalue weighted by Crippen LogP contribution is 2.67. The Morgan fingerprint density at radius 3 is 0.450 bits per heavy atom. The van der Waals surface area contributed by atoms with E-state index in [0.717, 1.165) is 64.6 Å². The van der Waals surface area contributed by atoms with Gasteiger partial charge in [-0.1, -0.05) is 255 Å². The number of carbonyl (C=O) groups excluding carboxylic acids is 6. The van der Waals surface area contributed by atoms with E-state index in [-0.39, 0.29) is 71.0 Å².